The van der Waals surface area contributed by atoms with Crippen LogP contribution in [0.1, 0.15) is 30.4 Å². The van der Waals surface area contributed by atoms with Gasteiger partial charge in [-0.3, -0.25) is 4.79 Å². The van der Waals surface area contributed by atoms with Crippen molar-refractivity contribution in [2.75, 3.05) is 18.4 Å². The van der Waals surface area contributed by atoms with Crippen molar-refractivity contribution in [2.24, 2.45) is 0 Å². The lowest BCUT2D eigenvalue weighted by atomic mass is 10.1. The minimum Gasteiger partial charge on any atom is -0.414 e. The van der Waals surface area contributed by atoms with E-state index in [0.717, 1.165) is 39.6 Å². The standard InChI is InChI=1S/C20H24N4O2S/c1-4-9-24(12-18(25)21-16-11-14(2)7-8-15(16)3)13-19-22-23-20(26-19)17-6-5-10-27-17/h5-8,10-11H,4,9,12-13H2,1-3H3,(H,21,25)/p+1. The van der Waals surface area contributed by atoms with E-state index in [4.69, 9.17) is 4.42 Å². The molecule has 2 heterocycles. The van der Waals surface area contributed by atoms with Gasteiger partial charge in [0.15, 0.2) is 13.1 Å². The Balaban J connectivity index is 1.63. The zero-order valence-electron chi connectivity index (χ0n) is 15.9. The van der Waals surface area contributed by atoms with Crippen LogP contribution in [0, 0.1) is 13.8 Å². The Kier molecular flexibility index (Phi) is 6.36. The number of carbonyl (C=O) groups is 1. The molecular weight excluding hydrogens is 360 g/mol. The third-order valence-electron chi connectivity index (χ3n) is 4.28. The summed E-state index contributed by atoms with van der Waals surface area (Å²) in [6.07, 6.45) is 0.970. The van der Waals surface area contributed by atoms with Crippen molar-refractivity contribution in [3.63, 3.8) is 0 Å². The Hall–Kier alpha value is -2.51. The number of benzene rings is 1. The van der Waals surface area contributed by atoms with Gasteiger partial charge in [0.2, 0.25) is 0 Å². The van der Waals surface area contributed by atoms with E-state index in [-0.39, 0.29) is 5.91 Å². The number of nitrogens with zero attached hydrogens (tertiary/aromatic N) is 2. The summed E-state index contributed by atoms with van der Waals surface area (Å²) in [7, 11) is 0. The maximum absolute atomic E-state index is 12.5. The van der Waals surface area contributed by atoms with Gasteiger partial charge >= 0.3 is 0 Å². The van der Waals surface area contributed by atoms with Crippen LogP contribution in [0.3, 0.4) is 0 Å². The maximum Gasteiger partial charge on any atom is 0.279 e. The van der Waals surface area contributed by atoms with E-state index in [1.165, 1.54) is 0 Å². The molecule has 0 saturated heterocycles. The zero-order chi connectivity index (χ0) is 19.2. The van der Waals surface area contributed by atoms with Gasteiger partial charge in [-0.25, -0.2) is 0 Å². The Bertz CT molecular complexity index is 889. The van der Waals surface area contributed by atoms with Crippen LogP contribution in [-0.4, -0.2) is 29.2 Å². The first-order valence-electron chi connectivity index (χ1n) is 9.12. The second kappa shape index (κ2) is 8.92. The molecule has 27 heavy (non-hydrogen) atoms. The Labute approximate surface area is 163 Å². The van der Waals surface area contributed by atoms with Crippen LogP contribution in [0.4, 0.5) is 5.69 Å². The van der Waals surface area contributed by atoms with Crippen molar-refractivity contribution in [1.82, 2.24) is 10.2 Å². The van der Waals surface area contributed by atoms with E-state index in [1.54, 1.807) is 11.3 Å². The molecule has 0 bridgehead atoms. The van der Waals surface area contributed by atoms with Gasteiger partial charge in [0.1, 0.15) is 0 Å². The molecular formula is C20H25N4O2S+. The largest absolute Gasteiger partial charge is 0.414 e. The van der Waals surface area contributed by atoms with Crippen LogP contribution in [-0.2, 0) is 11.3 Å². The van der Waals surface area contributed by atoms with Crippen molar-refractivity contribution in [1.29, 1.82) is 0 Å². The summed E-state index contributed by atoms with van der Waals surface area (Å²) < 4.78 is 5.78. The summed E-state index contributed by atoms with van der Waals surface area (Å²) >= 11 is 1.57. The number of aromatic nitrogens is 2. The average Bonchev–Trinajstić information content (AvgIpc) is 3.29. The molecule has 0 fully saturated rings. The molecule has 0 radical (unpaired) electrons. The molecule has 142 valence electrons. The molecule has 1 atom stereocenters. The van der Waals surface area contributed by atoms with Gasteiger partial charge in [-0.15, -0.1) is 21.5 Å². The molecule has 1 unspecified atom stereocenters. The topological polar surface area (TPSA) is 72.5 Å². The first kappa shape index (κ1) is 19.3. The van der Waals surface area contributed by atoms with Gasteiger partial charge in [0.05, 0.1) is 11.4 Å². The van der Waals surface area contributed by atoms with Crippen molar-refractivity contribution in [3.05, 3.63) is 52.7 Å². The molecule has 1 amide bonds. The van der Waals surface area contributed by atoms with Gasteiger partial charge < -0.3 is 14.6 Å². The molecule has 6 nitrogen and oxygen atoms in total. The summed E-state index contributed by atoms with van der Waals surface area (Å²) in [5.41, 5.74) is 3.05. The van der Waals surface area contributed by atoms with E-state index < -0.39 is 0 Å². The second-order valence-corrected chi connectivity index (χ2v) is 7.65. The fourth-order valence-corrected chi connectivity index (χ4v) is 3.57. The Morgan fingerprint density at radius 2 is 2.11 bits per heavy atom. The van der Waals surface area contributed by atoms with E-state index in [1.807, 2.05) is 49.6 Å². The number of rotatable bonds is 8. The second-order valence-electron chi connectivity index (χ2n) is 6.70. The van der Waals surface area contributed by atoms with Gasteiger partial charge in [-0.1, -0.05) is 25.1 Å². The van der Waals surface area contributed by atoms with Gasteiger partial charge in [-0.2, -0.15) is 0 Å². The number of quaternary nitrogens is 1. The highest BCUT2D eigenvalue weighted by atomic mass is 32.1. The maximum atomic E-state index is 12.5. The summed E-state index contributed by atoms with van der Waals surface area (Å²) in [6, 6.07) is 9.97. The molecule has 1 aromatic carbocycles. The quantitative estimate of drug-likeness (QED) is 0.625. The van der Waals surface area contributed by atoms with Crippen LogP contribution in [0.5, 0.6) is 0 Å². The highest BCUT2D eigenvalue weighted by Crippen LogP contribution is 2.22. The average molecular weight is 386 g/mol. The van der Waals surface area contributed by atoms with Crippen LogP contribution >= 0.6 is 11.3 Å². The number of aryl methyl sites for hydroxylation is 2. The number of amides is 1. The van der Waals surface area contributed by atoms with Crippen LogP contribution < -0.4 is 10.2 Å². The highest BCUT2D eigenvalue weighted by molar-refractivity contribution is 7.13. The Morgan fingerprint density at radius 1 is 1.26 bits per heavy atom. The van der Waals surface area contributed by atoms with E-state index in [9.17, 15) is 4.79 Å². The minimum absolute atomic E-state index is 0.00912. The van der Waals surface area contributed by atoms with Gasteiger partial charge in [0.25, 0.3) is 17.7 Å². The first-order valence-corrected chi connectivity index (χ1v) is 10.00. The SMILES string of the molecule is CCC[NH+](CC(=O)Nc1cc(C)ccc1C)Cc1nnc(-c2cccs2)o1. The summed E-state index contributed by atoms with van der Waals surface area (Å²) in [5, 5.41) is 13.3. The lowest BCUT2D eigenvalue weighted by Crippen LogP contribution is -3.11. The minimum atomic E-state index is -0.00912. The summed E-state index contributed by atoms with van der Waals surface area (Å²) in [4.78, 5) is 14.6. The normalized spacial score (nSPS) is 12.1. The molecule has 2 aromatic heterocycles. The highest BCUT2D eigenvalue weighted by Gasteiger charge is 2.19. The molecule has 7 heteroatoms. The van der Waals surface area contributed by atoms with E-state index >= 15 is 0 Å². The molecule has 3 aromatic rings. The molecule has 0 aliphatic heterocycles. The predicted octanol–water partition coefficient (Wildman–Crippen LogP) is 2.85. The number of hydrogen-bond donors (Lipinski definition) is 2. The number of carbonyl (C=O) groups excluding carboxylic acids is 1. The number of hydrogen-bond acceptors (Lipinski definition) is 5. The van der Waals surface area contributed by atoms with Crippen LogP contribution in [0.15, 0.2) is 40.1 Å². The van der Waals surface area contributed by atoms with Crippen LogP contribution in [0.25, 0.3) is 10.8 Å². The molecule has 2 N–H and O–H groups in total. The van der Waals surface area contributed by atoms with Gasteiger partial charge in [-0.05, 0) is 48.9 Å². The summed E-state index contributed by atoms with van der Waals surface area (Å²) in [5.74, 6) is 1.09. The fraction of sp³-hybridized carbons (Fsp3) is 0.350. The molecule has 0 aliphatic carbocycles. The van der Waals surface area contributed by atoms with E-state index in [2.05, 4.69) is 22.4 Å². The number of thiophene rings is 1. The molecule has 0 spiro atoms. The molecule has 3 rings (SSSR count). The summed E-state index contributed by atoms with van der Waals surface area (Å²) in [6.45, 7) is 7.87. The van der Waals surface area contributed by atoms with Crippen molar-refractivity contribution in [3.8, 4) is 10.8 Å². The van der Waals surface area contributed by atoms with E-state index in [0.29, 0.717) is 24.9 Å². The van der Waals surface area contributed by atoms with Crippen molar-refractivity contribution >= 4 is 22.9 Å². The van der Waals surface area contributed by atoms with Crippen molar-refractivity contribution < 1.29 is 14.1 Å². The lowest BCUT2D eigenvalue weighted by Gasteiger charge is -2.17. The lowest BCUT2D eigenvalue weighted by molar-refractivity contribution is -0.907. The third-order valence-corrected chi connectivity index (χ3v) is 5.14. The Morgan fingerprint density at radius 3 is 2.85 bits per heavy atom. The number of anilines is 1. The third kappa shape index (κ3) is 5.24. The molecule has 0 aliphatic rings. The zero-order valence-corrected chi connectivity index (χ0v) is 16.7. The van der Waals surface area contributed by atoms with Crippen molar-refractivity contribution in [2.45, 2.75) is 33.7 Å². The molecule has 0 saturated carbocycles. The van der Waals surface area contributed by atoms with Crippen LogP contribution in [0.2, 0.25) is 0 Å². The van der Waals surface area contributed by atoms with Gasteiger partial charge in [0, 0.05) is 5.69 Å². The monoisotopic (exact) mass is 385 g/mol. The first-order chi connectivity index (χ1) is 13.0. The fourth-order valence-electron chi connectivity index (χ4n) is 2.92. The predicted molar refractivity (Wildman–Crippen MR) is 107 cm³/mol. The number of nitrogens with one attached hydrogen (secondary N) is 2. The smallest absolute Gasteiger partial charge is 0.279 e.